The Balaban J connectivity index is 2.56. The highest BCUT2D eigenvalue weighted by Gasteiger charge is 2.14. The molecule has 0 aliphatic carbocycles. The Morgan fingerprint density at radius 3 is 2.61 bits per heavy atom. The lowest BCUT2D eigenvalue weighted by Crippen LogP contribution is -2.27. The van der Waals surface area contributed by atoms with E-state index in [9.17, 15) is 4.79 Å². The molecule has 0 saturated heterocycles. The Morgan fingerprint density at radius 1 is 1.39 bits per heavy atom. The fourth-order valence-corrected chi connectivity index (χ4v) is 1.91. The summed E-state index contributed by atoms with van der Waals surface area (Å²) in [6.45, 7) is 9.17. The average molecular weight is 251 g/mol. The van der Waals surface area contributed by atoms with Crippen LogP contribution >= 0.6 is 0 Å². The number of nitrogen functional groups attached to an aromatic ring is 1. The number of amides is 1. The van der Waals surface area contributed by atoms with Gasteiger partial charge in [0, 0.05) is 18.8 Å². The lowest BCUT2D eigenvalue weighted by Gasteiger charge is -2.12. The van der Waals surface area contributed by atoms with Crippen LogP contribution in [0.25, 0.3) is 0 Å². The molecule has 0 unspecified atom stereocenters. The van der Waals surface area contributed by atoms with E-state index in [2.05, 4.69) is 19.2 Å². The summed E-state index contributed by atoms with van der Waals surface area (Å²) in [6, 6.07) is 1.97. The third kappa shape index (κ3) is 4.09. The van der Waals surface area contributed by atoms with Crippen molar-refractivity contribution in [2.45, 2.75) is 46.6 Å². The monoisotopic (exact) mass is 251 g/mol. The van der Waals surface area contributed by atoms with Gasteiger partial charge in [-0.1, -0.05) is 13.8 Å². The highest BCUT2D eigenvalue weighted by atomic mass is 16.1. The summed E-state index contributed by atoms with van der Waals surface area (Å²) >= 11 is 0. The highest BCUT2D eigenvalue weighted by molar-refractivity contribution is 5.93. The quantitative estimate of drug-likeness (QED) is 0.764. The zero-order valence-electron chi connectivity index (χ0n) is 11.9. The van der Waals surface area contributed by atoms with Gasteiger partial charge in [-0.05, 0) is 38.7 Å². The fourth-order valence-electron chi connectivity index (χ4n) is 1.91. The topological polar surface area (TPSA) is 60.1 Å². The van der Waals surface area contributed by atoms with Crippen molar-refractivity contribution < 1.29 is 4.79 Å². The molecule has 0 spiro atoms. The van der Waals surface area contributed by atoms with Gasteiger partial charge in [0.15, 0.2) is 0 Å². The number of nitrogens with zero attached hydrogens (tertiary/aromatic N) is 1. The van der Waals surface area contributed by atoms with Crippen molar-refractivity contribution in [3.8, 4) is 0 Å². The van der Waals surface area contributed by atoms with E-state index < -0.39 is 0 Å². The molecule has 0 aliphatic heterocycles. The van der Waals surface area contributed by atoms with Crippen molar-refractivity contribution in [1.29, 1.82) is 0 Å². The molecule has 1 aromatic heterocycles. The molecule has 1 amide bonds. The second-order valence-electron chi connectivity index (χ2n) is 5.45. The molecule has 1 aromatic rings. The second-order valence-corrected chi connectivity index (χ2v) is 5.45. The van der Waals surface area contributed by atoms with Crippen LogP contribution in [-0.4, -0.2) is 17.0 Å². The maximum absolute atomic E-state index is 12.0. The van der Waals surface area contributed by atoms with Crippen LogP contribution < -0.4 is 11.1 Å². The van der Waals surface area contributed by atoms with Crippen molar-refractivity contribution in [2.75, 3.05) is 12.3 Å². The van der Waals surface area contributed by atoms with Gasteiger partial charge in [0.1, 0.15) is 5.69 Å². The molecule has 18 heavy (non-hydrogen) atoms. The number of hydrogen-bond acceptors (Lipinski definition) is 2. The Kier molecular flexibility index (Phi) is 5.25. The summed E-state index contributed by atoms with van der Waals surface area (Å²) in [5, 5.41) is 2.95. The lowest BCUT2D eigenvalue weighted by atomic mass is 10.1. The molecule has 0 fully saturated rings. The van der Waals surface area contributed by atoms with Gasteiger partial charge in [0.25, 0.3) is 5.91 Å². The summed E-state index contributed by atoms with van der Waals surface area (Å²) in [5.41, 5.74) is 7.03. The van der Waals surface area contributed by atoms with E-state index in [-0.39, 0.29) is 11.9 Å². The van der Waals surface area contributed by atoms with Gasteiger partial charge in [-0.25, -0.2) is 0 Å². The van der Waals surface area contributed by atoms with E-state index >= 15 is 0 Å². The van der Waals surface area contributed by atoms with Gasteiger partial charge in [-0.3, -0.25) is 4.79 Å². The summed E-state index contributed by atoms with van der Waals surface area (Å²) in [4.78, 5) is 12.0. The first-order valence-corrected chi connectivity index (χ1v) is 6.67. The Labute approximate surface area is 110 Å². The van der Waals surface area contributed by atoms with E-state index in [0.717, 1.165) is 19.4 Å². The Bertz CT molecular complexity index is 394. The number of carbonyl (C=O) groups is 1. The molecule has 0 saturated carbocycles. The van der Waals surface area contributed by atoms with Crippen molar-refractivity contribution in [1.82, 2.24) is 9.88 Å². The molecule has 0 bridgehead atoms. The highest BCUT2D eigenvalue weighted by Crippen LogP contribution is 2.16. The lowest BCUT2D eigenvalue weighted by molar-refractivity contribution is 0.0942. The molecule has 0 radical (unpaired) electrons. The predicted molar refractivity (Wildman–Crippen MR) is 75.6 cm³/mol. The molecule has 1 heterocycles. The molecule has 0 aromatic carbocycles. The van der Waals surface area contributed by atoms with Crippen LogP contribution in [0.1, 0.15) is 57.1 Å². The van der Waals surface area contributed by atoms with Crippen LogP contribution in [0.3, 0.4) is 0 Å². The van der Waals surface area contributed by atoms with Crippen molar-refractivity contribution in [3.05, 3.63) is 18.0 Å². The standard InChI is InChI=1S/C14H25N3O/c1-10(2)6-5-7-16-14(18)13-8-12(15)9-17(13)11(3)4/h8-11H,5-7,15H2,1-4H3,(H,16,18). The van der Waals surface area contributed by atoms with Crippen LogP contribution in [0.5, 0.6) is 0 Å². The first kappa shape index (κ1) is 14.6. The van der Waals surface area contributed by atoms with Crippen LogP contribution in [0.4, 0.5) is 5.69 Å². The minimum atomic E-state index is -0.0378. The minimum Gasteiger partial charge on any atom is -0.397 e. The zero-order valence-corrected chi connectivity index (χ0v) is 11.9. The third-order valence-corrected chi connectivity index (χ3v) is 2.90. The second kappa shape index (κ2) is 6.47. The van der Waals surface area contributed by atoms with E-state index in [0.29, 0.717) is 17.3 Å². The van der Waals surface area contributed by atoms with E-state index in [1.807, 2.05) is 24.6 Å². The molecule has 1 rings (SSSR count). The first-order valence-electron chi connectivity index (χ1n) is 6.67. The molecular weight excluding hydrogens is 226 g/mol. The summed E-state index contributed by atoms with van der Waals surface area (Å²) in [6.07, 6.45) is 3.96. The Hall–Kier alpha value is -1.45. The Morgan fingerprint density at radius 2 is 2.06 bits per heavy atom. The summed E-state index contributed by atoms with van der Waals surface area (Å²) in [7, 11) is 0. The molecular formula is C14H25N3O. The SMILES string of the molecule is CC(C)CCCNC(=O)c1cc(N)cn1C(C)C. The number of rotatable bonds is 6. The normalized spacial score (nSPS) is 11.2. The van der Waals surface area contributed by atoms with Crippen molar-refractivity contribution in [2.24, 2.45) is 5.92 Å². The van der Waals surface area contributed by atoms with Crippen molar-refractivity contribution >= 4 is 11.6 Å². The van der Waals surface area contributed by atoms with Crippen LogP contribution in [0, 0.1) is 5.92 Å². The molecule has 102 valence electrons. The van der Waals surface area contributed by atoms with Crippen LogP contribution in [0.15, 0.2) is 12.3 Å². The maximum Gasteiger partial charge on any atom is 0.267 e. The van der Waals surface area contributed by atoms with Crippen molar-refractivity contribution in [3.63, 3.8) is 0 Å². The number of nitrogens with two attached hydrogens (primary N) is 1. The van der Waals surface area contributed by atoms with Gasteiger partial charge in [0.05, 0.1) is 5.69 Å². The minimum absolute atomic E-state index is 0.0378. The van der Waals surface area contributed by atoms with Gasteiger partial charge >= 0.3 is 0 Å². The first-order chi connectivity index (χ1) is 8.41. The van der Waals surface area contributed by atoms with Gasteiger partial charge in [-0.15, -0.1) is 0 Å². The summed E-state index contributed by atoms with van der Waals surface area (Å²) < 4.78 is 1.91. The number of hydrogen-bond donors (Lipinski definition) is 2. The number of nitrogens with one attached hydrogen (secondary N) is 1. The van der Waals surface area contributed by atoms with Gasteiger partial charge < -0.3 is 15.6 Å². The summed E-state index contributed by atoms with van der Waals surface area (Å²) in [5.74, 6) is 0.640. The van der Waals surface area contributed by atoms with Crippen LogP contribution in [-0.2, 0) is 0 Å². The maximum atomic E-state index is 12.0. The van der Waals surface area contributed by atoms with Gasteiger partial charge in [0.2, 0.25) is 0 Å². The third-order valence-electron chi connectivity index (χ3n) is 2.90. The van der Waals surface area contributed by atoms with E-state index in [4.69, 9.17) is 5.73 Å². The predicted octanol–water partition coefficient (Wildman–Crippen LogP) is 2.82. The number of aromatic nitrogens is 1. The van der Waals surface area contributed by atoms with E-state index in [1.165, 1.54) is 0 Å². The smallest absolute Gasteiger partial charge is 0.267 e. The molecule has 0 atom stereocenters. The fraction of sp³-hybridized carbons (Fsp3) is 0.643. The number of anilines is 1. The molecule has 0 aliphatic rings. The average Bonchev–Trinajstić information content (AvgIpc) is 2.66. The largest absolute Gasteiger partial charge is 0.397 e. The number of carbonyl (C=O) groups excluding carboxylic acids is 1. The molecule has 4 heteroatoms. The zero-order chi connectivity index (χ0) is 13.7. The molecule has 3 N–H and O–H groups in total. The van der Waals surface area contributed by atoms with E-state index in [1.54, 1.807) is 6.07 Å². The van der Waals surface area contributed by atoms with Crippen LogP contribution in [0.2, 0.25) is 0 Å². The van der Waals surface area contributed by atoms with Gasteiger partial charge in [-0.2, -0.15) is 0 Å². The molecule has 4 nitrogen and oxygen atoms in total.